The number of nitrogens with zero attached hydrogens (tertiary/aromatic N) is 2. The molecule has 0 amide bonds. The van der Waals surface area contributed by atoms with E-state index in [9.17, 15) is 39.6 Å². The molecule has 14 heteroatoms. The lowest BCUT2D eigenvalue weighted by molar-refractivity contribution is -0.274. The van der Waals surface area contributed by atoms with Crippen molar-refractivity contribution in [1.29, 1.82) is 0 Å². The zero-order valence-corrected chi connectivity index (χ0v) is 16.0. The van der Waals surface area contributed by atoms with Crippen molar-refractivity contribution in [2.24, 2.45) is 0 Å². The summed E-state index contributed by atoms with van der Waals surface area (Å²) in [5.74, 6) is -1.66. The summed E-state index contributed by atoms with van der Waals surface area (Å²) < 4.78 is 106. The maximum atomic E-state index is 12.8. The van der Waals surface area contributed by atoms with Gasteiger partial charge in [-0.3, -0.25) is 4.79 Å². The number of aromatic nitrogens is 2. The number of benzene rings is 2. The number of fused-ring (bicyclic) bond motifs is 1. The van der Waals surface area contributed by atoms with Gasteiger partial charge < -0.3 is 8.92 Å². The fourth-order valence-electron chi connectivity index (χ4n) is 2.50. The Labute approximate surface area is 169 Å². The van der Waals surface area contributed by atoms with Gasteiger partial charge in [-0.05, 0) is 43.3 Å². The first-order valence-corrected chi connectivity index (χ1v) is 9.49. The number of aryl methyl sites for hydroxylation is 1. The standard InChI is InChI=1S/C17H10F6N2O5S/c1-9-2-7-12-13(8-9)14(30-31(27,28)17(21,22)23)24-25(15(12)26)10-3-5-11(6-4-10)29-16(18,19)20/h2-8H,1H3. The molecule has 0 bridgehead atoms. The highest BCUT2D eigenvalue weighted by Gasteiger charge is 2.49. The van der Waals surface area contributed by atoms with E-state index in [1.54, 1.807) is 0 Å². The van der Waals surface area contributed by atoms with Crippen LogP contribution in [0.5, 0.6) is 11.6 Å². The largest absolute Gasteiger partial charge is 0.573 e. The summed E-state index contributed by atoms with van der Waals surface area (Å²) in [5, 5.41) is 3.02. The van der Waals surface area contributed by atoms with Gasteiger partial charge in [-0.1, -0.05) is 11.6 Å². The van der Waals surface area contributed by atoms with Gasteiger partial charge in [-0.25, -0.2) is 0 Å². The van der Waals surface area contributed by atoms with Crippen molar-refractivity contribution in [3.8, 4) is 17.3 Å². The fraction of sp³-hybridized carbons (Fsp3) is 0.176. The number of ether oxygens (including phenoxy) is 1. The van der Waals surface area contributed by atoms with Crippen LogP contribution < -0.4 is 14.5 Å². The second kappa shape index (κ2) is 7.44. The van der Waals surface area contributed by atoms with Crippen molar-refractivity contribution in [2.45, 2.75) is 18.8 Å². The van der Waals surface area contributed by atoms with Crippen molar-refractivity contribution in [2.75, 3.05) is 0 Å². The van der Waals surface area contributed by atoms with Crippen molar-refractivity contribution >= 4 is 20.9 Å². The third-order valence-corrected chi connectivity index (χ3v) is 4.75. The Kier molecular flexibility index (Phi) is 5.38. The minimum atomic E-state index is -6.12. The van der Waals surface area contributed by atoms with E-state index in [2.05, 4.69) is 14.0 Å². The molecule has 0 saturated carbocycles. The molecule has 2 aromatic carbocycles. The van der Waals surface area contributed by atoms with Crippen LogP contribution in [-0.4, -0.2) is 30.1 Å². The molecule has 7 nitrogen and oxygen atoms in total. The summed E-state index contributed by atoms with van der Waals surface area (Å²) in [6.07, 6.45) is -4.97. The Morgan fingerprint density at radius 3 is 2.10 bits per heavy atom. The maximum Gasteiger partial charge on any atom is 0.573 e. The van der Waals surface area contributed by atoms with Crippen molar-refractivity contribution in [3.05, 3.63) is 58.4 Å². The summed E-state index contributed by atoms with van der Waals surface area (Å²) in [5.41, 5.74) is -6.36. The van der Waals surface area contributed by atoms with Crippen molar-refractivity contribution in [1.82, 2.24) is 9.78 Å². The van der Waals surface area contributed by atoms with Gasteiger partial charge in [-0.15, -0.1) is 18.3 Å². The maximum absolute atomic E-state index is 12.8. The quantitative estimate of drug-likeness (QED) is 0.329. The Morgan fingerprint density at radius 1 is 0.935 bits per heavy atom. The molecule has 0 spiro atoms. The van der Waals surface area contributed by atoms with E-state index >= 15 is 0 Å². The van der Waals surface area contributed by atoms with Gasteiger partial charge in [0.15, 0.2) is 0 Å². The second-order valence-electron chi connectivity index (χ2n) is 6.10. The lowest BCUT2D eigenvalue weighted by Gasteiger charge is -2.14. The van der Waals surface area contributed by atoms with Crippen LogP contribution in [0.2, 0.25) is 0 Å². The van der Waals surface area contributed by atoms with E-state index in [-0.39, 0.29) is 16.5 Å². The van der Waals surface area contributed by atoms with E-state index in [0.29, 0.717) is 10.2 Å². The average Bonchev–Trinajstić information content (AvgIpc) is 2.62. The normalized spacial score (nSPS) is 12.7. The van der Waals surface area contributed by atoms with Crippen LogP contribution in [0, 0.1) is 6.92 Å². The molecule has 0 N–H and O–H groups in total. The monoisotopic (exact) mass is 468 g/mol. The molecule has 0 saturated heterocycles. The topological polar surface area (TPSA) is 87.5 Å². The van der Waals surface area contributed by atoms with Gasteiger partial charge in [0.1, 0.15) is 5.75 Å². The SMILES string of the molecule is Cc1ccc2c(=O)n(-c3ccc(OC(F)(F)F)cc3)nc(OS(=O)(=O)C(F)(F)F)c2c1. The van der Waals surface area contributed by atoms with Crippen molar-refractivity contribution in [3.63, 3.8) is 0 Å². The van der Waals surface area contributed by atoms with E-state index < -0.39 is 39.2 Å². The van der Waals surface area contributed by atoms with E-state index in [0.717, 1.165) is 24.3 Å². The first-order chi connectivity index (χ1) is 14.2. The van der Waals surface area contributed by atoms with Gasteiger partial charge >= 0.3 is 22.0 Å². The lowest BCUT2D eigenvalue weighted by atomic mass is 10.1. The van der Waals surface area contributed by atoms with E-state index in [4.69, 9.17) is 0 Å². The van der Waals surface area contributed by atoms with Gasteiger partial charge in [0.05, 0.1) is 16.5 Å². The Bertz CT molecular complexity index is 1300. The predicted molar refractivity (Wildman–Crippen MR) is 94.4 cm³/mol. The second-order valence-corrected chi connectivity index (χ2v) is 7.63. The third-order valence-electron chi connectivity index (χ3n) is 3.81. The van der Waals surface area contributed by atoms with Crippen LogP contribution in [0.4, 0.5) is 26.3 Å². The summed E-state index contributed by atoms with van der Waals surface area (Å²) in [4.78, 5) is 12.7. The Hall–Kier alpha value is -3.29. The number of hydrogen-bond acceptors (Lipinski definition) is 6. The highest BCUT2D eigenvalue weighted by molar-refractivity contribution is 7.88. The van der Waals surface area contributed by atoms with Crippen LogP contribution in [0.1, 0.15) is 5.56 Å². The molecule has 3 rings (SSSR count). The van der Waals surface area contributed by atoms with Crippen molar-refractivity contribution < 1.29 is 43.7 Å². The fourth-order valence-corrected chi connectivity index (χ4v) is 2.93. The molecule has 0 aliphatic carbocycles. The molecule has 0 fully saturated rings. The molecule has 1 aromatic heterocycles. The molecule has 0 unspecified atom stereocenters. The Balaban J connectivity index is 2.18. The average molecular weight is 468 g/mol. The van der Waals surface area contributed by atoms with Crippen LogP contribution in [0.3, 0.4) is 0 Å². The first kappa shape index (κ1) is 22.4. The number of hydrogen-bond donors (Lipinski definition) is 0. The highest BCUT2D eigenvalue weighted by Crippen LogP contribution is 2.30. The highest BCUT2D eigenvalue weighted by atomic mass is 32.2. The minimum Gasteiger partial charge on any atom is -0.406 e. The van der Waals surface area contributed by atoms with Gasteiger partial charge in [0, 0.05) is 0 Å². The zero-order valence-electron chi connectivity index (χ0n) is 15.2. The molecule has 0 aliphatic heterocycles. The van der Waals surface area contributed by atoms with Crippen LogP contribution in [0.15, 0.2) is 47.3 Å². The molecule has 0 atom stereocenters. The molecule has 1 heterocycles. The van der Waals surface area contributed by atoms with Gasteiger partial charge in [0.2, 0.25) is 0 Å². The summed E-state index contributed by atoms with van der Waals surface area (Å²) in [7, 11) is -6.12. The van der Waals surface area contributed by atoms with Crippen LogP contribution in [0.25, 0.3) is 16.5 Å². The van der Waals surface area contributed by atoms with E-state index in [1.807, 2.05) is 0 Å². The molecular formula is C17H10F6N2O5S. The predicted octanol–water partition coefficient (Wildman–Crippen LogP) is 3.82. The zero-order chi connectivity index (χ0) is 23.2. The first-order valence-electron chi connectivity index (χ1n) is 8.08. The summed E-state index contributed by atoms with van der Waals surface area (Å²) in [6, 6.07) is 7.48. The molecular weight excluding hydrogens is 458 g/mol. The molecule has 0 aliphatic rings. The van der Waals surface area contributed by atoms with Crippen LogP contribution in [-0.2, 0) is 10.1 Å². The van der Waals surface area contributed by atoms with Crippen LogP contribution >= 0.6 is 0 Å². The number of halogens is 6. The minimum absolute atomic E-state index is 0.184. The molecule has 166 valence electrons. The lowest BCUT2D eigenvalue weighted by Crippen LogP contribution is -2.30. The van der Waals surface area contributed by atoms with Gasteiger partial charge in [-0.2, -0.15) is 26.3 Å². The number of rotatable bonds is 4. The van der Waals surface area contributed by atoms with E-state index in [1.165, 1.54) is 25.1 Å². The smallest absolute Gasteiger partial charge is 0.406 e. The molecule has 0 radical (unpaired) electrons. The van der Waals surface area contributed by atoms with Gasteiger partial charge in [0.25, 0.3) is 11.4 Å². The third kappa shape index (κ3) is 4.73. The summed E-state index contributed by atoms with van der Waals surface area (Å²) >= 11 is 0. The summed E-state index contributed by atoms with van der Waals surface area (Å²) in [6.45, 7) is 1.53. The Morgan fingerprint density at radius 2 is 1.55 bits per heavy atom. The molecule has 3 aromatic rings. The molecule has 31 heavy (non-hydrogen) atoms. The number of alkyl halides is 6.